The van der Waals surface area contributed by atoms with E-state index in [4.69, 9.17) is 0 Å². The Balaban J connectivity index is 2.67. The fourth-order valence-electron chi connectivity index (χ4n) is 1.38. The van der Waals surface area contributed by atoms with Gasteiger partial charge in [-0.2, -0.15) is 0 Å². The van der Waals surface area contributed by atoms with Gasteiger partial charge in [0.05, 0.1) is 0 Å². The molecule has 2 nitrogen and oxygen atoms in total. The predicted octanol–water partition coefficient (Wildman–Crippen LogP) is 4.34. The van der Waals surface area contributed by atoms with Gasteiger partial charge in [-0.05, 0) is 37.6 Å². The molecule has 1 rings (SSSR count). The molecule has 0 aliphatic heterocycles. The summed E-state index contributed by atoms with van der Waals surface area (Å²) < 4.78 is 0.509. The molecule has 0 heterocycles. The van der Waals surface area contributed by atoms with Gasteiger partial charge in [-0.15, -0.1) is 0 Å². The summed E-state index contributed by atoms with van der Waals surface area (Å²) in [6.45, 7) is 3.96. The van der Waals surface area contributed by atoms with Crippen LogP contribution in [0.4, 0.5) is 5.69 Å². The molecule has 1 aromatic carbocycles. The zero-order valence-electron chi connectivity index (χ0n) is 9.39. The van der Waals surface area contributed by atoms with E-state index in [0.29, 0.717) is 0 Å². The van der Waals surface area contributed by atoms with Crippen LogP contribution in [0.15, 0.2) is 28.7 Å². The molecule has 0 aliphatic rings. The van der Waals surface area contributed by atoms with E-state index < -0.39 is 4.32 Å². The van der Waals surface area contributed by atoms with Gasteiger partial charge in [-0.3, -0.25) is 4.79 Å². The van der Waals surface area contributed by atoms with E-state index in [9.17, 15) is 4.79 Å². The van der Waals surface area contributed by atoms with Crippen molar-refractivity contribution in [2.24, 2.45) is 0 Å². The quantitative estimate of drug-likeness (QED) is 0.805. The maximum absolute atomic E-state index is 11.9. The highest BCUT2D eigenvalue weighted by molar-refractivity contribution is 9.10. The second-order valence-corrected chi connectivity index (χ2v) is 6.57. The monoisotopic (exact) mass is 347 g/mol. The number of rotatable bonds is 4. The van der Waals surface area contributed by atoms with E-state index in [1.807, 2.05) is 31.2 Å². The smallest absolute Gasteiger partial charge is 0.240 e. The number of amides is 1. The van der Waals surface area contributed by atoms with E-state index in [0.717, 1.165) is 23.0 Å². The molecule has 0 radical (unpaired) electrons. The third-order valence-electron chi connectivity index (χ3n) is 2.30. The lowest BCUT2D eigenvalue weighted by Gasteiger charge is -2.20. The van der Waals surface area contributed by atoms with Crippen LogP contribution in [0.2, 0.25) is 0 Å². The van der Waals surface area contributed by atoms with Crippen LogP contribution in [0, 0.1) is 0 Å². The third kappa shape index (κ3) is 3.91. The fourth-order valence-corrected chi connectivity index (χ4v) is 2.14. The van der Waals surface area contributed by atoms with Crippen LogP contribution in [-0.4, -0.2) is 10.2 Å². The standard InChI is InChI=1S/C12H15Br2NO/c1-3-8-12(2,14)11(16)15-10-6-4-9(13)5-7-10/h4-7H,3,8H2,1-2H3,(H,15,16). The molecule has 1 atom stereocenters. The van der Waals surface area contributed by atoms with Gasteiger partial charge in [0.2, 0.25) is 5.91 Å². The summed E-state index contributed by atoms with van der Waals surface area (Å²) in [5, 5.41) is 2.89. The first-order chi connectivity index (χ1) is 7.45. The lowest BCUT2D eigenvalue weighted by molar-refractivity contribution is -0.118. The van der Waals surface area contributed by atoms with Crippen molar-refractivity contribution in [3.05, 3.63) is 28.7 Å². The summed E-state index contributed by atoms with van der Waals surface area (Å²) in [5.74, 6) is -0.00308. The highest BCUT2D eigenvalue weighted by Gasteiger charge is 2.28. The minimum Gasteiger partial charge on any atom is -0.325 e. The van der Waals surface area contributed by atoms with Crippen molar-refractivity contribution < 1.29 is 4.79 Å². The number of benzene rings is 1. The first kappa shape index (κ1) is 13.7. The van der Waals surface area contributed by atoms with Gasteiger partial charge < -0.3 is 5.32 Å². The fraction of sp³-hybridized carbons (Fsp3) is 0.417. The zero-order valence-corrected chi connectivity index (χ0v) is 12.6. The van der Waals surface area contributed by atoms with E-state index in [2.05, 4.69) is 44.1 Å². The number of anilines is 1. The number of hydrogen-bond acceptors (Lipinski definition) is 1. The highest BCUT2D eigenvalue weighted by atomic mass is 79.9. The summed E-state index contributed by atoms with van der Waals surface area (Å²) in [6.07, 6.45) is 1.78. The Morgan fingerprint density at radius 1 is 1.38 bits per heavy atom. The Morgan fingerprint density at radius 3 is 2.44 bits per heavy atom. The van der Waals surface area contributed by atoms with Gasteiger partial charge in [0.25, 0.3) is 0 Å². The van der Waals surface area contributed by atoms with Gasteiger partial charge in [-0.25, -0.2) is 0 Å². The SMILES string of the molecule is CCCC(C)(Br)C(=O)Nc1ccc(Br)cc1. The van der Waals surface area contributed by atoms with Crippen molar-refractivity contribution in [3.63, 3.8) is 0 Å². The Bertz CT molecular complexity index is 360. The van der Waals surface area contributed by atoms with Gasteiger partial charge in [0, 0.05) is 10.2 Å². The van der Waals surface area contributed by atoms with Crippen molar-refractivity contribution in [3.8, 4) is 0 Å². The average molecular weight is 349 g/mol. The third-order valence-corrected chi connectivity index (χ3v) is 3.58. The number of nitrogens with one attached hydrogen (secondary N) is 1. The molecule has 0 spiro atoms. The topological polar surface area (TPSA) is 29.1 Å². The van der Waals surface area contributed by atoms with Crippen LogP contribution in [-0.2, 0) is 4.79 Å². The molecule has 0 aromatic heterocycles. The van der Waals surface area contributed by atoms with Crippen molar-refractivity contribution in [2.45, 2.75) is 31.0 Å². The first-order valence-electron chi connectivity index (χ1n) is 5.21. The number of halogens is 2. The molecular formula is C12H15Br2NO. The molecule has 0 saturated heterocycles. The Labute approximate surface area is 113 Å². The normalized spacial score (nSPS) is 14.2. The Kier molecular flexibility index (Phi) is 4.99. The number of alkyl halides is 1. The lowest BCUT2D eigenvalue weighted by Crippen LogP contribution is -2.34. The van der Waals surface area contributed by atoms with E-state index in [1.165, 1.54) is 0 Å². The summed E-state index contributed by atoms with van der Waals surface area (Å²) in [6, 6.07) is 7.55. The summed E-state index contributed by atoms with van der Waals surface area (Å²) in [4.78, 5) is 11.9. The van der Waals surface area contributed by atoms with Crippen LogP contribution in [0.5, 0.6) is 0 Å². The van der Waals surface area contributed by atoms with E-state index >= 15 is 0 Å². The molecule has 0 saturated carbocycles. The lowest BCUT2D eigenvalue weighted by atomic mass is 10.1. The molecule has 0 bridgehead atoms. The summed E-state index contributed by atoms with van der Waals surface area (Å²) >= 11 is 6.81. The van der Waals surface area contributed by atoms with Crippen LogP contribution < -0.4 is 5.32 Å². The molecule has 88 valence electrons. The summed E-state index contributed by atoms with van der Waals surface area (Å²) in [7, 11) is 0. The van der Waals surface area contributed by atoms with E-state index in [1.54, 1.807) is 0 Å². The second kappa shape index (κ2) is 5.82. The minimum absolute atomic E-state index is 0.00308. The number of carbonyl (C=O) groups excluding carboxylic acids is 1. The number of hydrogen-bond donors (Lipinski definition) is 1. The van der Waals surface area contributed by atoms with E-state index in [-0.39, 0.29) is 5.91 Å². The Hall–Kier alpha value is -0.350. The minimum atomic E-state index is -0.491. The molecule has 4 heteroatoms. The molecule has 0 aliphatic carbocycles. The molecule has 1 unspecified atom stereocenters. The maximum Gasteiger partial charge on any atom is 0.240 e. The predicted molar refractivity (Wildman–Crippen MR) is 75.0 cm³/mol. The zero-order chi connectivity index (χ0) is 12.2. The maximum atomic E-state index is 11.9. The molecule has 1 aromatic rings. The van der Waals surface area contributed by atoms with Crippen molar-refractivity contribution >= 4 is 43.5 Å². The van der Waals surface area contributed by atoms with Crippen LogP contribution in [0.1, 0.15) is 26.7 Å². The largest absolute Gasteiger partial charge is 0.325 e. The molecule has 1 N–H and O–H groups in total. The molecule has 0 fully saturated rings. The second-order valence-electron chi connectivity index (χ2n) is 3.91. The van der Waals surface area contributed by atoms with Gasteiger partial charge in [0.1, 0.15) is 4.32 Å². The van der Waals surface area contributed by atoms with Crippen LogP contribution in [0.25, 0.3) is 0 Å². The molecular weight excluding hydrogens is 334 g/mol. The molecule has 1 amide bonds. The van der Waals surface area contributed by atoms with Crippen molar-refractivity contribution in [1.29, 1.82) is 0 Å². The van der Waals surface area contributed by atoms with Gasteiger partial charge in [-0.1, -0.05) is 45.2 Å². The summed E-state index contributed by atoms with van der Waals surface area (Å²) in [5.41, 5.74) is 0.815. The highest BCUT2D eigenvalue weighted by Crippen LogP contribution is 2.25. The average Bonchev–Trinajstić information content (AvgIpc) is 2.21. The van der Waals surface area contributed by atoms with Gasteiger partial charge >= 0.3 is 0 Å². The molecule has 16 heavy (non-hydrogen) atoms. The number of carbonyl (C=O) groups is 1. The Morgan fingerprint density at radius 2 is 1.94 bits per heavy atom. The van der Waals surface area contributed by atoms with Crippen molar-refractivity contribution in [1.82, 2.24) is 0 Å². The van der Waals surface area contributed by atoms with Crippen LogP contribution >= 0.6 is 31.9 Å². The van der Waals surface area contributed by atoms with Crippen molar-refractivity contribution in [2.75, 3.05) is 5.32 Å². The first-order valence-corrected chi connectivity index (χ1v) is 6.80. The van der Waals surface area contributed by atoms with Gasteiger partial charge in [0.15, 0.2) is 0 Å². The van der Waals surface area contributed by atoms with Crippen LogP contribution in [0.3, 0.4) is 0 Å².